The fourth-order valence-electron chi connectivity index (χ4n) is 2.21. The first-order valence-electron chi connectivity index (χ1n) is 7.11. The van der Waals surface area contributed by atoms with Crippen LogP contribution in [0.4, 0.5) is 0 Å². The number of carbonyl (C=O) groups is 1. The van der Waals surface area contributed by atoms with E-state index >= 15 is 0 Å². The molecule has 23 heavy (non-hydrogen) atoms. The van der Waals surface area contributed by atoms with Gasteiger partial charge in [-0.3, -0.25) is 14.6 Å². The third kappa shape index (κ3) is 3.39. The molecule has 2 aromatic heterocycles. The summed E-state index contributed by atoms with van der Waals surface area (Å²) in [6.45, 7) is 0.417. The van der Waals surface area contributed by atoms with Crippen molar-refractivity contribution in [2.45, 2.75) is 6.54 Å². The van der Waals surface area contributed by atoms with Gasteiger partial charge in [0.1, 0.15) is 11.4 Å². The van der Waals surface area contributed by atoms with Crippen molar-refractivity contribution in [2.75, 3.05) is 7.11 Å². The predicted molar refractivity (Wildman–Crippen MR) is 85.0 cm³/mol. The molecule has 0 saturated heterocycles. The van der Waals surface area contributed by atoms with Gasteiger partial charge in [-0.15, -0.1) is 0 Å². The second kappa shape index (κ2) is 6.35. The number of H-pyrrole nitrogens is 1. The van der Waals surface area contributed by atoms with Gasteiger partial charge in [0.25, 0.3) is 5.91 Å². The zero-order chi connectivity index (χ0) is 16.2. The van der Waals surface area contributed by atoms with Crippen LogP contribution in [-0.2, 0) is 13.6 Å². The number of nitrogens with zero attached hydrogens (tertiary/aromatic N) is 3. The number of ether oxygens (including phenoxy) is 1. The molecule has 0 bridgehead atoms. The van der Waals surface area contributed by atoms with Crippen LogP contribution in [0, 0.1) is 0 Å². The molecule has 0 saturated carbocycles. The number of benzene rings is 1. The number of nitrogens with one attached hydrogen (secondary N) is 2. The molecular weight excluding hydrogens is 294 g/mol. The van der Waals surface area contributed by atoms with Gasteiger partial charge in [0, 0.05) is 30.9 Å². The van der Waals surface area contributed by atoms with Crippen molar-refractivity contribution in [2.24, 2.45) is 7.05 Å². The molecule has 0 fully saturated rings. The molecule has 0 aliphatic carbocycles. The monoisotopic (exact) mass is 311 g/mol. The summed E-state index contributed by atoms with van der Waals surface area (Å²) in [7, 11) is 3.45. The molecule has 0 radical (unpaired) electrons. The van der Waals surface area contributed by atoms with Crippen molar-refractivity contribution < 1.29 is 9.53 Å². The van der Waals surface area contributed by atoms with Gasteiger partial charge < -0.3 is 10.1 Å². The Labute approximate surface area is 133 Å². The first kappa shape index (κ1) is 14.8. The van der Waals surface area contributed by atoms with Crippen molar-refractivity contribution in [3.05, 3.63) is 54.0 Å². The third-order valence-electron chi connectivity index (χ3n) is 3.40. The van der Waals surface area contributed by atoms with E-state index in [4.69, 9.17) is 4.74 Å². The lowest BCUT2D eigenvalue weighted by Crippen LogP contribution is -2.22. The average molecular weight is 311 g/mol. The summed E-state index contributed by atoms with van der Waals surface area (Å²) in [4.78, 5) is 12.2. The molecule has 0 spiro atoms. The van der Waals surface area contributed by atoms with Crippen LogP contribution in [0.1, 0.15) is 16.1 Å². The molecule has 7 nitrogen and oxygen atoms in total. The summed E-state index contributed by atoms with van der Waals surface area (Å²) in [5, 5.41) is 13.8. The number of aromatic nitrogens is 4. The fourth-order valence-corrected chi connectivity index (χ4v) is 2.21. The Hall–Kier alpha value is -3.09. The highest BCUT2D eigenvalue weighted by molar-refractivity contribution is 5.93. The smallest absolute Gasteiger partial charge is 0.269 e. The third-order valence-corrected chi connectivity index (χ3v) is 3.40. The minimum atomic E-state index is -0.213. The lowest BCUT2D eigenvalue weighted by molar-refractivity contribution is 0.0946. The number of amides is 1. The highest BCUT2D eigenvalue weighted by atomic mass is 16.5. The van der Waals surface area contributed by atoms with Crippen LogP contribution in [-0.4, -0.2) is 33.0 Å². The van der Waals surface area contributed by atoms with Crippen LogP contribution in [0.25, 0.3) is 11.3 Å². The zero-order valence-electron chi connectivity index (χ0n) is 12.9. The summed E-state index contributed by atoms with van der Waals surface area (Å²) in [5.41, 5.74) is 2.92. The minimum absolute atomic E-state index is 0.213. The Kier molecular flexibility index (Phi) is 4.09. The molecule has 0 unspecified atom stereocenters. The summed E-state index contributed by atoms with van der Waals surface area (Å²) in [5.74, 6) is 0.531. The average Bonchev–Trinajstić information content (AvgIpc) is 3.22. The highest BCUT2D eigenvalue weighted by Crippen LogP contribution is 2.22. The van der Waals surface area contributed by atoms with E-state index < -0.39 is 0 Å². The van der Waals surface area contributed by atoms with Crippen molar-refractivity contribution in [3.8, 4) is 17.0 Å². The number of hydrogen-bond donors (Lipinski definition) is 2. The molecule has 3 rings (SSSR count). The van der Waals surface area contributed by atoms with Gasteiger partial charge in [-0.1, -0.05) is 12.1 Å². The summed E-state index contributed by atoms with van der Waals surface area (Å²) < 4.78 is 6.89. The standard InChI is InChI=1S/C16H17N5O2/c1-21-10-11(9-18-21)8-17-16(22)15-7-14(19-20-15)12-4-3-5-13(6-12)23-2/h3-7,9-10H,8H2,1-2H3,(H,17,22)(H,19,20). The Morgan fingerprint density at radius 3 is 3.00 bits per heavy atom. The van der Waals surface area contributed by atoms with Crippen LogP contribution in [0.3, 0.4) is 0 Å². The topological polar surface area (TPSA) is 84.8 Å². The van der Waals surface area contributed by atoms with Crippen molar-refractivity contribution in [1.82, 2.24) is 25.3 Å². The molecule has 0 aliphatic rings. The van der Waals surface area contributed by atoms with Gasteiger partial charge in [0.2, 0.25) is 0 Å². The molecule has 118 valence electrons. The van der Waals surface area contributed by atoms with Gasteiger partial charge in [0.05, 0.1) is 19.0 Å². The maximum Gasteiger partial charge on any atom is 0.269 e. The molecule has 0 atom stereocenters. The van der Waals surface area contributed by atoms with Crippen LogP contribution in [0.2, 0.25) is 0 Å². The fraction of sp³-hybridized carbons (Fsp3) is 0.188. The van der Waals surface area contributed by atoms with Gasteiger partial charge >= 0.3 is 0 Å². The second-order valence-corrected chi connectivity index (χ2v) is 5.10. The summed E-state index contributed by atoms with van der Waals surface area (Å²) in [6.07, 6.45) is 3.57. The van der Waals surface area contributed by atoms with E-state index in [0.29, 0.717) is 17.9 Å². The van der Waals surface area contributed by atoms with Crippen molar-refractivity contribution in [3.63, 3.8) is 0 Å². The predicted octanol–water partition coefficient (Wildman–Crippen LogP) is 1.75. The van der Waals surface area contributed by atoms with E-state index in [1.54, 1.807) is 24.1 Å². The molecule has 7 heteroatoms. The Morgan fingerprint density at radius 2 is 2.26 bits per heavy atom. The molecule has 1 aromatic carbocycles. The number of carbonyl (C=O) groups excluding carboxylic acids is 1. The largest absolute Gasteiger partial charge is 0.497 e. The Balaban J connectivity index is 1.69. The van der Waals surface area contributed by atoms with E-state index in [-0.39, 0.29) is 5.91 Å². The quantitative estimate of drug-likeness (QED) is 0.752. The Bertz CT molecular complexity index is 821. The lowest BCUT2D eigenvalue weighted by atomic mass is 10.1. The van der Waals surface area contributed by atoms with Gasteiger partial charge in [0.15, 0.2) is 0 Å². The first-order valence-corrected chi connectivity index (χ1v) is 7.11. The van der Waals surface area contributed by atoms with Crippen LogP contribution < -0.4 is 10.1 Å². The summed E-state index contributed by atoms with van der Waals surface area (Å²) in [6, 6.07) is 9.24. The number of methoxy groups -OCH3 is 1. The molecule has 3 aromatic rings. The number of hydrogen-bond acceptors (Lipinski definition) is 4. The second-order valence-electron chi connectivity index (χ2n) is 5.10. The molecule has 2 heterocycles. The van der Waals surface area contributed by atoms with Crippen LogP contribution >= 0.6 is 0 Å². The van der Waals surface area contributed by atoms with Crippen LogP contribution in [0.15, 0.2) is 42.7 Å². The number of rotatable bonds is 5. The molecular formula is C16H17N5O2. The Morgan fingerprint density at radius 1 is 1.39 bits per heavy atom. The van der Waals surface area contributed by atoms with Crippen molar-refractivity contribution >= 4 is 5.91 Å². The summed E-state index contributed by atoms with van der Waals surface area (Å²) >= 11 is 0. The zero-order valence-corrected chi connectivity index (χ0v) is 12.9. The van der Waals surface area contributed by atoms with E-state index in [9.17, 15) is 4.79 Å². The van der Waals surface area contributed by atoms with Gasteiger partial charge in [-0.25, -0.2) is 0 Å². The maximum atomic E-state index is 12.2. The van der Waals surface area contributed by atoms with Crippen LogP contribution in [0.5, 0.6) is 5.75 Å². The van der Waals surface area contributed by atoms with Gasteiger partial charge in [-0.05, 0) is 18.2 Å². The molecule has 2 N–H and O–H groups in total. The SMILES string of the molecule is COc1cccc(-c2cc(C(=O)NCc3cnn(C)c3)[nH]n2)c1. The normalized spacial score (nSPS) is 10.5. The lowest BCUT2D eigenvalue weighted by Gasteiger charge is -2.01. The number of aryl methyl sites for hydroxylation is 1. The van der Waals surface area contributed by atoms with E-state index in [2.05, 4.69) is 20.6 Å². The van der Waals surface area contributed by atoms with E-state index in [1.165, 1.54) is 0 Å². The maximum absolute atomic E-state index is 12.2. The molecule has 0 aliphatic heterocycles. The highest BCUT2D eigenvalue weighted by Gasteiger charge is 2.11. The van der Waals surface area contributed by atoms with Gasteiger partial charge in [-0.2, -0.15) is 10.2 Å². The van der Waals surface area contributed by atoms with Crippen molar-refractivity contribution in [1.29, 1.82) is 0 Å². The molecule has 1 amide bonds. The minimum Gasteiger partial charge on any atom is -0.497 e. The van der Waals surface area contributed by atoms with E-state index in [0.717, 1.165) is 16.9 Å². The number of aromatic amines is 1. The van der Waals surface area contributed by atoms with E-state index in [1.807, 2.05) is 37.5 Å². The first-order chi connectivity index (χ1) is 11.2.